The molecular formula is C8H9ClN4. The third-order valence-electron chi connectivity index (χ3n) is 1.90. The Morgan fingerprint density at radius 3 is 3.08 bits per heavy atom. The van der Waals surface area contributed by atoms with Gasteiger partial charge in [-0.2, -0.15) is 5.10 Å². The Morgan fingerprint density at radius 1 is 1.62 bits per heavy atom. The fourth-order valence-electron chi connectivity index (χ4n) is 1.24. The van der Waals surface area contributed by atoms with Gasteiger partial charge in [-0.1, -0.05) is 18.5 Å². The van der Waals surface area contributed by atoms with Crippen LogP contribution in [0.3, 0.4) is 0 Å². The molecule has 0 aromatic carbocycles. The topological polar surface area (TPSA) is 56.2 Å². The molecule has 0 saturated heterocycles. The Morgan fingerprint density at radius 2 is 2.38 bits per heavy atom. The van der Waals surface area contributed by atoms with E-state index in [1.165, 1.54) is 0 Å². The molecule has 0 aliphatic heterocycles. The van der Waals surface area contributed by atoms with E-state index in [-0.39, 0.29) is 0 Å². The molecule has 0 aliphatic carbocycles. The van der Waals surface area contributed by atoms with Gasteiger partial charge in [-0.15, -0.1) is 0 Å². The second kappa shape index (κ2) is 2.88. The molecule has 2 N–H and O–H groups in total. The van der Waals surface area contributed by atoms with Crippen molar-refractivity contribution in [3.8, 4) is 0 Å². The minimum absolute atomic E-state index is 0.424. The van der Waals surface area contributed by atoms with Crippen LogP contribution in [-0.4, -0.2) is 14.6 Å². The van der Waals surface area contributed by atoms with E-state index in [9.17, 15) is 0 Å². The first-order valence-corrected chi connectivity index (χ1v) is 4.38. The maximum absolute atomic E-state index is 5.91. The molecular weight excluding hydrogens is 188 g/mol. The normalized spacial score (nSPS) is 10.9. The summed E-state index contributed by atoms with van der Waals surface area (Å²) in [5, 5.41) is 4.58. The van der Waals surface area contributed by atoms with Crippen LogP contribution in [0.5, 0.6) is 0 Å². The van der Waals surface area contributed by atoms with E-state index in [1.54, 1.807) is 16.8 Å². The van der Waals surface area contributed by atoms with E-state index < -0.39 is 0 Å². The van der Waals surface area contributed by atoms with Crippen molar-refractivity contribution < 1.29 is 0 Å². The number of nitrogens with two attached hydrogens (primary N) is 1. The van der Waals surface area contributed by atoms with E-state index in [0.717, 1.165) is 17.6 Å². The smallest absolute Gasteiger partial charge is 0.162 e. The average Bonchev–Trinajstić information content (AvgIpc) is 2.47. The highest BCUT2D eigenvalue weighted by Gasteiger charge is 2.07. The number of hydrogen-bond acceptors (Lipinski definition) is 3. The molecule has 0 radical (unpaired) electrons. The highest BCUT2D eigenvalue weighted by Crippen LogP contribution is 2.17. The first kappa shape index (κ1) is 8.31. The number of aromatic nitrogens is 3. The van der Waals surface area contributed by atoms with Crippen LogP contribution in [0, 0.1) is 0 Å². The lowest BCUT2D eigenvalue weighted by atomic mass is 10.3. The predicted octanol–water partition coefficient (Wildman–Crippen LogP) is 1.53. The van der Waals surface area contributed by atoms with E-state index in [2.05, 4.69) is 10.1 Å². The van der Waals surface area contributed by atoms with Gasteiger partial charge >= 0.3 is 0 Å². The van der Waals surface area contributed by atoms with E-state index in [0.29, 0.717) is 11.0 Å². The second-order valence-electron chi connectivity index (χ2n) is 2.76. The molecule has 0 aliphatic rings. The molecule has 4 nitrogen and oxygen atoms in total. The standard InChI is InChI=1S/C8H9ClN4/c1-2-5-4-11-13-6(9)3-7(10)12-8(5)13/h3-4H,2H2,1H3,(H2,10,12). The maximum Gasteiger partial charge on any atom is 0.162 e. The summed E-state index contributed by atoms with van der Waals surface area (Å²) in [6.45, 7) is 2.04. The highest BCUT2D eigenvalue weighted by molar-refractivity contribution is 6.29. The second-order valence-corrected chi connectivity index (χ2v) is 3.15. The largest absolute Gasteiger partial charge is 0.384 e. The summed E-state index contributed by atoms with van der Waals surface area (Å²) in [7, 11) is 0. The third kappa shape index (κ3) is 1.23. The predicted molar refractivity (Wildman–Crippen MR) is 51.8 cm³/mol. The molecule has 2 aromatic heterocycles. The van der Waals surface area contributed by atoms with Gasteiger partial charge in [-0.25, -0.2) is 9.50 Å². The Labute approximate surface area is 80.3 Å². The van der Waals surface area contributed by atoms with Gasteiger partial charge in [0.15, 0.2) is 5.65 Å². The summed E-state index contributed by atoms with van der Waals surface area (Å²) >= 11 is 5.91. The lowest BCUT2D eigenvalue weighted by Crippen LogP contribution is -1.97. The van der Waals surface area contributed by atoms with Crippen LogP contribution in [0.25, 0.3) is 5.65 Å². The van der Waals surface area contributed by atoms with Crippen LogP contribution in [0.1, 0.15) is 12.5 Å². The zero-order valence-electron chi connectivity index (χ0n) is 7.16. The molecule has 68 valence electrons. The molecule has 2 aromatic rings. The van der Waals surface area contributed by atoms with Gasteiger partial charge in [0, 0.05) is 11.6 Å². The molecule has 0 atom stereocenters. The molecule has 0 bridgehead atoms. The molecule has 0 saturated carbocycles. The minimum Gasteiger partial charge on any atom is -0.384 e. The summed E-state index contributed by atoms with van der Waals surface area (Å²) in [6, 6.07) is 1.58. The number of nitrogen functional groups attached to an aromatic ring is 1. The Kier molecular flexibility index (Phi) is 1.84. The Bertz CT molecular complexity index is 449. The van der Waals surface area contributed by atoms with Crippen LogP contribution in [0.4, 0.5) is 5.82 Å². The molecule has 2 heterocycles. The number of aryl methyl sites for hydroxylation is 1. The summed E-state index contributed by atoms with van der Waals surface area (Å²) in [4.78, 5) is 4.16. The summed E-state index contributed by atoms with van der Waals surface area (Å²) in [5.41, 5.74) is 7.36. The van der Waals surface area contributed by atoms with Crippen molar-refractivity contribution in [3.05, 3.63) is 23.0 Å². The summed E-state index contributed by atoms with van der Waals surface area (Å²) in [5.74, 6) is 0.424. The van der Waals surface area contributed by atoms with Gasteiger partial charge in [0.05, 0.1) is 6.20 Å². The number of anilines is 1. The van der Waals surface area contributed by atoms with Gasteiger partial charge in [0.2, 0.25) is 0 Å². The zero-order chi connectivity index (χ0) is 9.42. The monoisotopic (exact) mass is 196 g/mol. The fourth-order valence-corrected chi connectivity index (χ4v) is 1.47. The highest BCUT2D eigenvalue weighted by atomic mass is 35.5. The summed E-state index contributed by atoms with van der Waals surface area (Å²) in [6.07, 6.45) is 2.63. The van der Waals surface area contributed by atoms with E-state index >= 15 is 0 Å². The third-order valence-corrected chi connectivity index (χ3v) is 2.17. The van der Waals surface area contributed by atoms with Gasteiger partial charge in [-0.05, 0) is 6.42 Å². The number of hydrogen-bond donors (Lipinski definition) is 1. The van der Waals surface area contributed by atoms with Crippen LogP contribution in [0.15, 0.2) is 12.3 Å². The van der Waals surface area contributed by atoms with E-state index in [1.807, 2.05) is 6.92 Å². The maximum atomic E-state index is 5.91. The van der Waals surface area contributed by atoms with Crippen molar-refractivity contribution in [2.45, 2.75) is 13.3 Å². The Balaban J connectivity index is 2.82. The van der Waals surface area contributed by atoms with Crippen molar-refractivity contribution in [1.29, 1.82) is 0 Å². The van der Waals surface area contributed by atoms with Crippen LogP contribution in [-0.2, 0) is 6.42 Å². The van der Waals surface area contributed by atoms with Crippen LogP contribution in [0.2, 0.25) is 5.15 Å². The van der Waals surface area contributed by atoms with Crippen LogP contribution < -0.4 is 5.73 Å². The lowest BCUT2D eigenvalue weighted by molar-refractivity contribution is 0.942. The molecule has 0 spiro atoms. The van der Waals surface area contributed by atoms with E-state index in [4.69, 9.17) is 17.3 Å². The molecule has 0 fully saturated rings. The lowest BCUT2D eigenvalue weighted by Gasteiger charge is -1.99. The minimum atomic E-state index is 0.424. The zero-order valence-corrected chi connectivity index (χ0v) is 7.91. The SMILES string of the molecule is CCc1cnn2c(Cl)cc(N)nc12. The molecule has 5 heteroatoms. The van der Waals surface area contributed by atoms with Gasteiger partial charge in [0.25, 0.3) is 0 Å². The van der Waals surface area contributed by atoms with Crippen molar-refractivity contribution in [1.82, 2.24) is 14.6 Å². The number of nitrogens with zero attached hydrogens (tertiary/aromatic N) is 3. The van der Waals surface area contributed by atoms with Crippen molar-refractivity contribution in [3.63, 3.8) is 0 Å². The van der Waals surface area contributed by atoms with Gasteiger partial charge in [-0.3, -0.25) is 0 Å². The average molecular weight is 197 g/mol. The number of fused-ring (bicyclic) bond motifs is 1. The first-order chi connectivity index (χ1) is 6.22. The van der Waals surface area contributed by atoms with Crippen LogP contribution >= 0.6 is 11.6 Å². The molecule has 2 rings (SSSR count). The van der Waals surface area contributed by atoms with Crippen molar-refractivity contribution in [2.75, 3.05) is 5.73 Å². The molecule has 13 heavy (non-hydrogen) atoms. The van der Waals surface area contributed by atoms with Crippen molar-refractivity contribution in [2.24, 2.45) is 0 Å². The fraction of sp³-hybridized carbons (Fsp3) is 0.250. The quantitative estimate of drug-likeness (QED) is 0.704. The number of rotatable bonds is 1. The van der Waals surface area contributed by atoms with Gasteiger partial charge in [0.1, 0.15) is 11.0 Å². The molecule has 0 amide bonds. The first-order valence-electron chi connectivity index (χ1n) is 4.01. The number of halogens is 1. The van der Waals surface area contributed by atoms with Crippen molar-refractivity contribution >= 4 is 23.1 Å². The molecule has 0 unspecified atom stereocenters. The Hall–Kier alpha value is -1.29. The summed E-state index contributed by atoms with van der Waals surface area (Å²) < 4.78 is 1.58. The van der Waals surface area contributed by atoms with Gasteiger partial charge < -0.3 is 5.73 Å².